The molecule has 2 aliphatic rings. The number of hydrogen-bond donors (Lipinski definition) is 0. The molecule has 0 radical (unpaired) electrons. The summed E-state index contributed by atoms with van der Waals surface area (Å²) in [7, 11) is 2.23. The average Bonchev–Trinajstić information content (AvgIpc) is 3.44. The van der Waals surface area contributed by atoms with Gasteiger partial charge in [-0.25, -0.2) is 9.97 Å². The number of imidazole rings is 1. The Morgan fingerprint density at radius 2 is 2.00 bits per heavy atom. The number of aryl methyl sites for hydroxylation is 1. The van der Waals surface area contributed by atoms with E-state index in [2.05, 4.69) is 62.5 Å². The number of anilines is 1. The Kier molecular flexibility index (Phi) is 4.82. The fraction of sp³-hybridized carbons (Fsp3) is 0.524. The van der Waals surface area contributed by atoms with Gasteiger partial charge in [-0.1, -0.05) is 6.07 Å². The van der Waals surface area contributed by atoms with E-state index in [1.165, 1.54) is 34.9 Å². The number of piperazine rings is 1. The lowest BCUT2D eigenvalue weighted by Crippen LogP contribution is -2.46. The highest BCUT2D eigenvalue weighted by Crippen LogP contribution is 2.28. The van der Waals surface area contributed by atoms with Crippen molar-refractivity contribution in [2.75, 3.05) is 44.7 Å². The Bertz CT molecular complexity index is 957. The SMILES string of the molecule is Cc1ncsc1CN1CCN(C)[C@H](c2cn3c(N4CCCC4)cccc3n2)C1. The fourth-order valence-corrected chi connectivity index (χ4v) is 5.27. The molecule has 0 unspecified atom stereocenters. The minimum Gasteiger partial charge on any atom is -0.358 e. The number of nitrogens with zero attached hydrogens (tertiary/aromatic N) is 6. The summed E-state index contributed by atoms with van der Waals surface area (Å²) in [4.78, 5) is 18.3. The maximum Gasteiger partial charge on any atom is 0.138 e. The van der Waals surface area contributed by atoms with Crippen molar-refractivity contribution in [2.24, 2.45) is 0 Å². The van der Waals surface area contributed by atoms with E-state index >= 15 is 0 Å². The predicted octanol–water partition coefficient (Wildman–Crippen LogP) is 3.19. The van der Waals surface area contributed by atoms with Crippen molar-refractivity contribution < 1.29 is 0 Å². The van der Waals surface area contributed by atoms with Crippen LogP contribution in [-0.2, 0) is 6.54 Å². The molecule has 7 heteroatoms. The molecule has 2 saturated heterocycles. The van der Waals surface area contributed by atoms with Crippen molar-refractivity contribution in [3.05, 3.63) is 46.2 Å². The maximum atomic E-state index is 5.03. The van der Waals surface area contributed by atoms with Crippen LogP contribution in [0.25, 0.3) is 5.65 Å². The lowest BCUT2D eigenvalue weighted by molar-refractivity contribution is 0.0891. The summed E-state index contributed by atoms with van der Waals surface area (Å²) in [6.07, 6.45) is 4.84. The van der Waals surface area contributed by atoms with Crippen molar-refractivity contribution in [3.63, 3.8) is 0 Å². The zero-order chi connectivity index (χ0) is 19.1. The van der Waals surface area contributed by atoms with Crippen molar-refractivity contribution in [1.82, 2.24) is 24.2 Å². The quantitative estimate of drug-likeness (QED) is 0.677. The van der Waals surface area contributed by atoms with Crippen LogP contribution in [0.1, 0.15) is 35.1 Å². The number of rotatable bonds is 4. The Balaban J connectivity index is 1.41. The summed E-state index contributed by atoms with van der Waals surface area (Å²) in [5.41, 5.74) is 5.37. The van der Waals surface area contributed by atoms with Gasteiger partial charge in [-0.15, -0.1) is 11.3 Å². The highest BCUT2D eigenvalue weighted by atomic mass is 32.1. The number of likely N-dealkylation sites (N-methyl/N-ethyl adjacent to an activating group) is 1. The molecule has 0 N–H and O–H groups in total. The number of thiazole rings is 1. The summed E-state index contributed by atoms with van der Waals surface area (Å²) in [6.45, 7) is 8.58. The minimum atomic E-state index is 0.327. The number of fused-ring (bicyclic) bond motifs is 1. The summed E-state index contributed by atoms with van der Waals surface area (Å²) < 4.78 is 2.29. The third kappa shape index (κ3) is 3.32. The van der Waals surface area contributed by atoms with Crippen molar-refractivity contribution >= 4 is 22.8 Å². The molecule has 5 rings (SSSR count). The second-order valence-corrected chi connectivity index (χ2v) is 9.00. The van der Waals surface area contributed by atoms with E-state index in [4.69, 9.17) is 4.98 Å². The van der Waals surface area contributed by atoms with Gasteiger partial charge in [-0.05, 0) is 38.9 Å². The van der Waals surface area contributed by atoms with E-state index in [1.54, 1.807) is 11.3 Å². The van der Waals surface area contributed by atoms with E-state index in [0.29, 0.717) is 6.04 Å². The van der Waals surface area contributed by atoms with Gasteiger partial charge in [0.25, 0.3) is 0 Å². The average molecular weight is 397 g/mol. The molecule has 2 fully saturated rings. The molecule has 1 atom stereocenters. The summed E-state index contributed by atoms with van der Waals surface area (Å²) >= 11 is 1.77. The topological polar surface area (TPSA) is 39.9 Å². The van der Waals surface area contributed by atoms with Gasteiger partial charge in [-0.3, -0.25) is 14.2 Å². The van der Waals surface area contributed by atoms with Crippen LogP contribution < -0.4 is 4.90 Å². The molecular formula is C21H28N6S. The largest absolute Gasteiger partial charge is 0.358 e. The fourth-order valence-electron chi connectivity index (χ4n) is 4.45. The lowest BCUT2D eigenvalue weighted by atomic mass is 10.1. The van der Waals surface area contributed by atoms with Crippen LogP contribution in [0.5, 0.6) is 0 Å². The normalized spacial score (nSPS) is 21.8. The second-order valence-electron chi connectivity index (χ2n) is 8.06. The maximum absolute atomic E-state index is 5.03. The van der Waals surface area contributed by atoms with E-state index < -0.39 is 0 Å². The van der Waals surface area contributed by atoms with Crippen LogP contribution in [0.2, 0.25) is 0 Å². The molecule has 0 aromatic carbocycles. The van der Waals surface area contributed by atoms with E-state index in [0.717, 1.165) is 44.9 Å². The monoisotopic (exact) mass is 396 g/mol. The molecule has 5 heterocycles. The minimum absolute atomic E-state index is 0.327. The number of aromatic nitrogens is 3. The third-order valence-corrected chi connectivity index (χ3v) is 7.12. The third-order valence-electron chi connectivity index (χ3n) is 6.20. The highest BCUT2D eigenvalue weighted by Gasteiger charge is 2.28. The van der Waals surface area contributed by atoms with E-state index in [-0.39, 0.29) is 0 Å². The van der Waals surface area contributed by atoms with Crippen LogP contribution in [-0.4, -0.2) is 63.9 Å². The van der Waals surface area contributed by atoms with Gasteiger partial charge in [-0.2, -0.15) is 0 Å². The molecule has 0 bridgehead atoms. The number of pyridine rings is 1. The zero-order valence-electron chi connectivity index (χ0n) is 16.7. The Labute approximate surface area is 170 Å². The molecule has 2 aliphatic heterocycles. The standard InChI is InChI=1S/C21H28N6S/c1-16-19(28-15-22-16)14-25-11-10-24(2)18(13-25)17-12-27-20(23-17)6-5-7-21(27)26-8-3-4-9-26/h5-7,12,15,18H,3-4,8-11,13-14H2,1-2H3/t18-/m0/s1. The van der Waals surface area contributed by atoms with Crippen molar-refractivity contribution in [2.45, 2.75) is 32.4 Å². The highest BCUT2D eigenvalue weighted by molar-refractivity contribution is 7.09. The lowest BCUT2D eigenvalue weighted by Gasteiger charge is -2.38. The smallest absolute Gasteiger partial charge is 0.138 e. The Hall–Kier alpha value is -1.96. The molecule has 28 heavy (non-hydrogen) atoms. The van der Waals surface area contributed by atoms with Crippen molar-refractivity contribution in [1.29, 1.82) is 0 Å². The molecule has 0 spiro atoms. The first-order valence-electron chi connectivity index (χ1n) is 10.2. The van der Waals surface area contributed by atoms with Gasteiger partial charge in [0.1, 0.15) is 11.5 Å². The second kappa shape index (κ2) is 7.46. The van der Waals surface area contributed by atoms with Gasteiger partial charge in [0.15, 0.2) is 0 Å². The van der Waals surface area contributed by atoms with Gasteiger partial charge in [0, 0.05) is 50.3 Å². The van der Waals surface area contributed by atoms with Crippen LogP contribution in [0.3, 0.4) is 0 Å². The zero-order valence-corrected chi connectivity index (χ0v) is 17.5. The van der Waals surface area contributed by atoms with Gasteiger partial charge >= 0.3 is 0 Å². The Morgan fingerprint density at radius 3 is 2.79 bits per heavy atom. The van der Waals surface area contributed by atoms with Crippen LogP contribution in [0.15, 0.2) is 29.9 Å². The summed E-state index contributed by atoms with van der Waals surface area (Å²) in [5.74, 6) is 1.28. The first kappa shape index (κ1) is 18.1. The van der Waals surface area contributed by atoms with E-state index in [9.17, 15) is 0 Å². The molecular weight excluding hydrogens is 368 g/mol. The first-order chi connectivity index (χ1) is 13.7. The predicted molar refractivity (Wildman–Crippen MR) is 114 cm³/mol. The molecule has 0 amide bonds. The first-order valence-corrected chi connectivity index (χ1v) is 11.1. The molecule has 3 aromatic rings. The molecule has 0 aliphatic carbocycles. The van der Waals surface area contributed by atoms with Crippen molar-refractivity contribution in [3.8, 4) is 0 Å². The summed E-state index contributed by atoms with van der Waals surface area (Å²) in [6, 6.07) is 6.83. The van der Waals surface area contributed by atoms with Crippen LogP contribution >= 0.6 is 11.3 Å². The Morgan fingerprint density at radius 1 is 1.14 bits per heavy atom. The number of hydrogen-bond acceptors (Lipinski definition) is 6. The van der Waals surface area contributed by atoms with E-state index in [1.807, 2.05) is 5.51 Å². The molecule has 3 aromatic heterocycles. The van der Waals surface area contributed by atoms with Crippen LogP contribution in [0.4, 0.5) is 5.82 Å². The van der Waals surface area contributed by atoms with Gasteiger partial charge in [0.05, 0.1) is 22.9 Å². The van der Waals surface area contributed by atoms with Gasteiger partial charge < -0.3 is 4.90 Å². The molecule has 148 valence electrons. The van der Waals surface area contributed by atoms with Gasteiger partial charge in [0.2, 0.25) is 0 Å². The molecule has 0 saturated carbocycles. The van der Waals surface area contributed by atoms with Crippen LogP contribution in [0, 0.1) is 6.92 Å². The summed E-state index contributed by atoms with van der Waals surface area (Å²) in [5, 5.41) is 0. The molecule has 6 nitrogen and oxygen atoms in total.